The van der Waals surface area contributed by atoms with E-state index in [1.807, 2.05) is 0 Å². The molecule has 3 aromatic rings. The molecule has 5 nitrogen and oxygen atoms in total. The van der Waals surface area contributed by atoms with E-state index in [-0.39, 0.29) is 18.1 Å². The number of carbonyl (C=O) groups is 1. The van der Waals surface area contributed by atoms with Gasteiger partial charge >= 0.3 is 6.61 Å². The van der Waals surface area contributed by atoms with Crippen molar-refractivity contribution >= 4 is 23.2 Å². The molecule has 0 bridgehead atoms. The Labute approximate surface area is 152 Å². The number of amides is 1. The number of oxazole rings is 1. The number of benzene rings is 2. The van der Waals surface area contributed by atoms with Crippen molar-refractivity contribution < 1.29 is 22.7 Å². The third-order valence-corrected chi connectivity index (χ3v) is 3.75. The number of anilines is 1. The summed E-state index contributed by atoms with van der Waals surface area (Å²) >= 11 is 6.21. The minimum Gasteiger partial charge on any atom is -0.443 e. The molecular weight excluding hydrogens is 366 g/mol. The van der Waals surface area contributed by atoms with Crippen LogP contribution in [-0.2, 0) is 11.2 Å². The second kappa shape index (κ2) is 7.97. The van der Waals surface area contributed by atoms with Crippen molar-refractivity contribution in [2.45, 2.75) is 13.0 Å². The first-order valence-corrected chi connectivity index (χ1v) is 7.91. The average molecular weight is 379 g/mol. The topological polar surface area (TPSA) is 64.4 Å². The Bertz CT molecular complexity index is 901. The van der Waals surface area contributed by atoms with E-state index in [1.165, 1.54) is 24.7 Å². The second-order valence-electron chi connectivity index (χ2n) is 5.31. The number of aromatic nitrogens is 1. The molecule has 0 radical (unpaired) electrons. The van der Waals surface area contributed by atoms with Gasteiger partial charge in [-0.15, -0.1) is 0 Å². The molecule has 0 fully saturated rings. The van der Waals surface area contributed by atoms with Crippen LogP contribution in [0, 0.1) is 0 Å². The van der Waals surface area contributed by atoms with Gasteiger partial charge in [0.15, 0.2) is 12.2 Å². The summed E-state index contributed by atoms with van der Waals surface area (Å²) in [6, 6.07) is 11.0. The Morgan fingerprint density at radius 2 is 2.12 bits per heavy atom. The zero-order chi connectivity index (χ0) is 18.5. The normalized spacial score (nSPS) is 10.8. The lowest BCUT2D eigenvalue weighted by Gasteiger charge is -2.09. The van der Waals surface area contributed by atoms with E-state index in [1.54, 1.807) is 30.3 Å². The molecule has 0 aliphatic rings. The molecule has 0 unspecified atom stereocenters. The minimum absolute atomic E-state index is 0.00190. The molecule has 0 aliphatic carbocycles. The Kier molecular flexibility index (Phi) is 5.48. The maximum atomic E-state index is 12.2. The smallest absolute Gasteiger partial charge is 0.387 e. The summed E-state index contributed by atoms with van der Waals surface area (Å²) < 4.78 is 34.0. The maximum Gasteiger partial charge on any atom is 0.387 e. The molecule has 1 aromatic heterocycles. The molecule has 134 valence electrons. The summed E-state index contributed by atoms with van der Waals surface area (Å²) in [5, 5.41) is 3.10. The fourth-order valence-electron chi connectivity index (χ4n) is 2.36. The highest BCUT2D eigenvalue weighted by molar-refractivity contribution is 6.33. The summed E-state index contributed by atoms with van der Waals surface area (Å²) in [4.78, 5) is 16.0. The molecule has 8 heteroatoms. The molecule has 0 aliphatic heterocycles. The van der Waals surface area contributed by atoms with Crippen LogP contribution in [0.4, 0.5) is 14.5 Å². The zero-order valence-electron chi connectivity index (χ0n) is 13.3. The third-order valence-electron chi connectivity index (χ3n) is 3.44. The lowest BCUT2D eigenvalue weighted by atomic mass is 10.1. The number of carbonyl (C=O) groups excluding carboxylic acids is 1. The largest absolute Gasteiger partial charge is 0.443 e. The summed E-state index contributed by atoms with van der Waals surface area (Å²) in [5.41, 5.74) is 1.70. The van der Waals surface area contributed by atoms with E-state index in [2.05, 4.69) is 15.0 Å². The average Bonchev–Trinajstić information content (AvgIpc) is 3.08. The van der Waals surface area contributed by atoms with Crippen molar-refractivity contribution in [3.63, 3.8) is 0 Å². The molecule has 0 saturated heterocycles. The van der Waals surface area contributed by atoms with Crippen LogP contribution in [0.5, 0.6) is 5.75 Å². The lowest BCUT2D eigenvalue weighted by Crippen LogP contribution is -2.14. The lowest BCUT2D eigenvalue weighted by molar-refractivity contribution is -0.115. The van der Waals surface area contributed by atoms with Crippen LogP contribution in [0.1, 0.15) is 5.56 Å². The van der Waals surface area contributed by atoms with Crippen molar-refractivity contribution in [2.75, 3.05) is 5.32 Å². The Morgan fingerprint density at radius 3 is 2.81 bits per heavy atom. The highest BCUT2D eigenvalue weighted by atomic mass is 35.5. The van der Waals surface area contributed by atoms with Crippen LogP contribution in [0.15, 0.2) is 59.5 Å². The third kappa shape index (κ3) is 4.58. The molecular formula is C18H13ClF2N2O3. The van der Waals surface area contributed by atoms with Crippen molar-refractivity contribution in [1.29, 1.82) is 0 Å². The van der Waals surface area contributed by atoms with Gasteiger partial charge in [0.2, 0.25) is 5.91 Å². The van der Waals surface area contributed by atoms with Gasteiger partial charge in [0.1, 0.15) is 5.75 Å². The van der Waals surface area contributed by atoms with E-state index in [0.29, 0.717) is 27.6 Å². The molecule has 26 heavy (non-hydrogen) atoms. The van der Waals surface area contributed by atoms with Crippen LogP contribution in [-0.4, -0.2) is 17.5 Å². The van der Waals surface area contributed by atoms with E-state index in [0.717, 1.165) is 0 Å². The number of rotatable bonds is 6. The highest BCUT2D eigenvalue weighted by Gasteiger charge is 2.11. The summed E-state index contributed by atoms with van der Waals surface area (Å²) in [5.74, 6) is 0.205. The van der Waals surface area contributed by atoms with Crippen LogP contribution in [0.3, 0.4) is 0 Å². The van der Waals surface area contributed by atoms with Crippen molar-refractivity contribution in [2.24, 2.45) is 0 Å². The summed E-state index contributed by atoms with van der Waals surface area (Å²) in [6.45, 7) is -2.91. The molecule has 3 rings (SSSR count). The molecule has 0 saturated carbocycles. The van der Waals surface area contributed by atoms with Crippen molar-refractivity contribution in [1.82, 2.24) is 4.98 Å². The van der Waals surface area contributed by atoms with Gasteiger partial charge in [0.25, 0.3) is 0 Å². The number of hydrogen-bond donors (Lipinski definition) is 1. The number of nitrogens with one attached hydrogen (secondary N) is 1. The van der Waals surface area contributed by atoms with Crippen LogP contribution in [0.2, 0.25) is 5.02 Å². The van der Waals surface area contributed by atoms with Crippen LogP contribution < -0.4 is 10.1 Å². The Balaban J connectivity index is 1.66. The molecule has 1 N–H and O–H groups in total. The fraction of sp³-hybridized carbons (Fsp3) is 0.111. The van der Waals surface area contributed by atoms with Crippen LogP contribution in [0.25, 0.3) is 11.3 Å². The first-order chi connectivity index (χ1) is 12.5. The van der Waals surface area contributed by atoms with Gasteiger partial charge in [-0.1, -0.05) is 23.7 Å². The number of ether oxygens (including phenoxy) is 1. The predicted molar refractivity (Wildman–Crippen MR) is 92.4 cm³/mol. The van der Waals surface area contributed by atoms with Crippen LogP contribution >= 0.6 is 11.6 Å². The van der Waals surface area contributed by atoms with Gasteiger partial charge < -0.3 is 14.5 Å². The van der Waals surface area contributed by atoms with Gasteiger partial charge in [-0.05, 0) is 35.9 Å². The number of hydrogen-bond acceptors (Lipinski definition) is 4. The quantitative estimate of drug-likeness (QED) is 0.670. The first kappa shape index (κ1) is 17.9. The minimum atomic E-state index is -2.91. The van der Waals surface area contributed by atoms with Crippen molar-refractivity contribution in [3.05, 3.63) is 65.6 Å². The first-order valence-electron chi connectivity index (χ1n) is 7.53. The number of alkyl halides is 2. The van der Waals surface area contributed by atoms with Gasteiger partial charge in [0, 0.05) is 11.3 Å². The molecule has 0 spiro atoms. The molecule has 1 amide bonds. The van der Waals surface area contributed by atoms with E-state index < -0.39 is 6.61 Å². The van der Waals surface area contributed by atoms with Gasteiger partial charge in [-0.25, -0.2) is 4.98 Å². The monoisotopic (exact) mass is 378 g/mol. The molecule has 2 aromatic carbocycles. The standard InChI is InChI=1S/C18H13ClF2N2O3/c19-15-8-12(4-5-14(15)16-9-22-10-25-16)23-17(24)7-11-2-1-3-13(6-11)26-18(20)21/h1-6,8-10,18H,7H2,(H,23,24). The van der Waals surface area contributed by atoms with E-state index in [9.17, 15) is 13.6 Å². The summed E-state index contributed by atoms with van der Waals surface area (Å²) in [6.07, 6.45) is 2.84. The Morgan fingerprint density at radius 1 is 1.27 bits per heavy atom. The van der Waals surface area contributed by atoms with Gasteiger partial charge in [0.05, 0.1) is 17.6 Å². The number of halogens is 3. The highest BCUT2D eigenvalue weighted by Crippen LogP contribution is 2.30. The predicted octanol–water partition coefficient (Wildman–Crippen LogP) is 4.78. The second-order valence-corrected chi connectivity index (χ2v) is 5.72. The molecule has 1 heterocycles. The molecule has 0 atom stereocenters. The SMILES string of the molecule is O=C(Cc1cccc(OC(F)F)c1)Nc1ccc(-c2cnco2)c(Cl)c1. The van der Waals surface area contributed by atoms with Crippen molar-refractivity contribution in [3.8, 4) is 17.1 Å². The van der Waals surface area contributed by atoms with Gasteiger partial charge in [-0.3, -0.25) is 4.79 Å². The summed E-state index contributed by atoms with van der Waals surface area (Å²) in [7, 11) is 0. The van der Waals surface area contributed by atoms with E-state index in [4.69, 9.17) is 16.0 Å². The van der Waals surface area contributed by atoms with Gasteiger partial charge in [-0.2, -0.15) is 8.78 Å². The Hall–Kier alpha value is -2.93. The van der Waals surface area contributed by atoms with E-state index >= 15 is 0 Å². The zero-order valence-corrected chi connectivity index (χ0v) is 14.0. The maximum absolute atomic E-state index is 12.2. The number of nitrogens with zero attached hydrogens (tertiary/aromatic N) is 1. The fourth-order valence-corrected chi connectivity index (χ4v) is 2.64.